The van der Waals surface area contributed by atoms with E-state index in [1.54, 1.807) is 37.6 Å². The number of aliphatic hydroxyl groups is 1. The number of allylic oxidation sites excluding steroid dienone is 2. The first-order valence-corrected chi connectivity index (χ1v) is 11.7. The van der Waals surface area contributed by atoms with Crippen molar-refractivity contribution in [3.63, 3.8) is 0 Å². The summed E-state index contributed by atoms with van der Waals surface area (Å²) in [5, 5.41) is 18.6. The zero-order valence-electron chi connectivity index (χ0n) is 20.2. The minimum atomic E-state index is -0.622. The van der Waals surface area contributed by atoms with Crippen LogP contribution in [-0.4, -0.2) is 30.9 Å². The molecule has 0 spiro atoms. The van der Waals surface area contributed by atoms with Gasteiger partial charge in [-0.3, -0.25) is 0 Å². The molecule has 3 aromatic rings. The van der Waals surface area contributed by atoms with Crippen LogP contribution in [0, 0.1) is 5.82 Å². The van der Waals surface area contributed by atoms with Crippen molar-refractivity contribution in [2.45, 2.75) is 25.7 Å². The van der Waals surface area contributed by atoms with Crippen molar-refractivity contribution in [1.82, 2.24) is 0 Å². The van der Waals surface area contributed by atoms with E-state index >= 15 is 0 Å². The number of ether oxygens (including phenoxy) is 1. The summed E-state index contributed by atoms with van der Waals surface area (Å²) in [4.78, 5) is 2.16. The summed E-state index contributed by atoms with van der Waals surface area (Å²) in [5.74, 6) is 0.203. The van der Waals surface area contributed by atoms with Gasteiger partial charge in [-0.05, 0) is 74.4 Å². The van der Waals surface area contributed by atoms with Crippen LogP contribution in [0.25, 0.3) is 0 Å². The molecule has 0 saturated heterocycles. The fourth-order valence-corrected chi connectivity index (χ4v) is 4.81. The van der Waals surface area contributed by atoms with Gasteiger partial charge in [0.2, 0.25) is 5.90 Å². The molecule has 0 saturated carbocycles. The van der Waals surface area contributed by atoms with Crippen LogP contribution in [0.2, 0.25) is 5.02 Å². The quantitative estimate of drug-likeness (QED) is 0.202. The largest absolute Gasteiger partial charge is 0.497 e. The maximum atomic E-state index is 14.8. The zero-order chi connectivity index (χ0) is 25.0. The van der Waals surface area contributed by atoms with Crippen LogP contribution < -0.4 is 9.64 Å². The molecule has 8 heteroatoms. The van der Waals surface area contributed by atoms with Gasteiger partial charge in [0.1, 0.15) is 11.6 Å². The predicted molar refractivity (Wildman–Crippen MR) is 141 cm³/mol. The molecule has 1 heterocycles. The summed E-state index contributed by atoms with van der Waals surface area (Å²) < 4.78 is 20.3. The van der Waals surface area contributed by atoms with Crippen LogP contribution in [0.5, 0.6) is 5.75 Å². The molecule has 1 unspecified atom stereocenters. The van der Waals surface area contributed by atoms with Crippen molar-refractivity contribution in [3.8, 4) is 5.75 Å². The summed E-state index contributed by atoms with van der Waals surface area (Å²) >= 11 is 6.42. The number of benzene rings is 3. The summed E-state index contributed by atoms with van der Waals surface area (Å²) in [6.07, 6.45) is 3.74. The number of methoxy groups -OCH3 is 1. The van der Waals surface area contributed by atoms with Crippen molar-refractivity contribution >= 4 is 29.4 Å². The average molecular weight is 551 g/mol. The third-order valence-corrected chi connectivity index (χ3v) is 6.69. The number of rotatable bonds is 7. The van der Waals surface area contributed by atoms with E-state index in [-0.39, 0.29) is 28.5 Å². The van der Waals surface area contributed by atoms with Gasteiger partial charge in [-0.1, -0.05) is 35.9 Å². The Bertz CT molecular complexity index is 1290. The number of anilines is 1. The minimum absolute atomic E-state index is 0. The number of fused-ring (bicyclic) bond motifs is 1. The zero-order valence-corrected chi connectivity index (χ0v) is 22.0. The normalized spacial score (nSPS) is 18.4. The van der Waals surface area contributed by atoms with Gasteiger partial charge in [0.25, 0.3) is 0 Å². The average Bonchev–Trinajstić information content (AvgIpc) is 3.11. The molecule has 1 radical (unpaired) electrons. The van der Waals surface area contributed by atoms with Gasteiger partial charge in [-0.2, -0.15) is 5.10 Å². The van der Waals surface area contributed by atoms with E-state index in [0.717, 1.165) is 22.7 Å². The standard InChI is InChI=1S/C28H27ClFN3O2.Co/c1-4-33-25-14-13-20(35-3)17-22(25)28(2,18-21-23(29)11-8-12-24(21)30)26(33)15-16-31-32-27(34)19-9-6-5-7-10-19;/h5-17H,4,18H2,1-3H3,(H,32,34);/b26-15-,31-16+;. The molecule has 1 aliphatic rings. The summed E-state index contributed by atoms with van der Waals surface area (Å²) in [6.45, 7) is 4.81. The van der Waals surface area contributed by atoms with Gasteiger partial charge < -0.3 is 14.7 Å². The second kappa shape index (κ2) is 11.7. The molecule has 0 aromatic heterocycles. The predicted octanol–water partition coefficient (Wildman–Crippen LogP) is 6.70. The van der Waals surface area contributed by atoms with E-state index in [0.29, 0.717) is 29.1 Å². The molecule has 36 heavy (non-hydrogen) atoms. The molecular formula is C28H27ClCoFN3O2. The number of hydrogen-bond acceptors (Lipinski definition) is 4. The van der Waals surface area contributed by atoms with Gasteiger partial charge in [-0.25, -0.2) is 4.39 Å². The Hall–Kier alpha value is -3.13. The monoisotopic (exact) mass is 550 g/mol. The molecule has 0 amide bonds. The van der Waals surface area contributed by atoms with Crippen molar-refractivity contribution < 1.29 is 31.0 Å². The van der Waals surface area contributed by atoms with E-state index in [4.69, 9.17) is 16.3 Å². The Labute approximate surface area is 226 Å². The van der Waals surface area contributed by atoms with E-state index in [9.17, 15) is 9.50 Å². The summed E-state index contributed by atoms with van der Waals surface area (Å²) in [7, 11) is 1.62. The number of halogens is 2. The van der Waals surface area contributed by atoms with Crippen LogP contribution in [-0.2, 0) is 28.6 Å². The molecule has 1 N–H and O–H groups in total. The van der Waals surface area contributed by atoms with Gasteiger partial charge in [0.15, 0.2) is 0 Å². The maximum Gasteiger partial charge on any atom is 0.238 e. The third-order valence-electron chi connectivity index (χ3n) is 6.34. The molecule has 0 bridgehead atoms. The summed E-state index contributed by atoms with van der Waals surface area (Å²) in [5.41, 5.74) is 3.34. The maximum absolute atomic E-state index is 14.8. The number of aliphatic hydroxyl groups excluding tert-OH is 1. The summed E-state index contributed by atoms with van der Waals surface area (Å²) in [6, 6.07) is 19.6. The third kappa shape index (κ3) is 5.33. The number of hydrogen-bond donors (Lipinski definition) is 1. The molecule has 1 aliphatic heterocycles. The van der Waals surface area contributed by atoms with Crippen molar-refractivity contribution in [1.29, 1.82) is 0 Å². The Morgan fingerprint density at radius 1 is 1.14 bits per heavy atom. The molecule has 189 valence electrons. The van der Waals surface area contributed by atoms with Gasteiger partial charge >= 0.3 is 0 Å². The molecule has 4 rings (SSSR count). The molecule has 0 aliphatic carbocycles. The fourth-order valence-electron chi connectivity index (χ4n) is 4.58. The topological polar surface area (TPSA) is 57.4 Å². The second-order valence-corrected chi connectivity index (χ2v) is 8.85. The molecule has 5 nitrogen and oxygen atoms in total. The van der Waals surface area contributed by atoms with Gasteiger partial charge in [0, 0.05) is 56.3 Å². The van der Waals surface area contributed by atoms with Crippen molar-refractivity contribution in [3.05, 3.63) is 106 Å². The van der Waals surface area contributed by atoms with E-state index in [1.807, 2.05) is 42.5 Å². The van der Waals surface area contributed by atoms with E-state index < -0.39 is 5.41 Å². The first-order valence-electron chi connectivity index (χ1n) is 11.3. The van der Waals surface area contributed by atoms with Crippen LogP contribution in [0.4, 0.5) is 10.1 Å². The first-order chi connectivity index (χ1) is 16.9. The van der Waals surface area contributed by atoms with Crippen LogP contribution in [0.15, 0.2) is 88.7 Å². The Morgan fingerprint density at radius 2 is 1.89 bits per heavy atom. The smallest absolute Gasteiger partial charge is 0.238 e. The first kappa shape index (κ1) is 27.5. The van der Waals surface area contributed by atoms with Crippen molar-refractivity contribution in [2.24, 2.45) is 10.2 Å². The van der Waals surface area contributed by atoms with Crippen molar-refractivity contribution in [2.75, 3.05) is 18.6 Å². The minimum Gasteiger partial charge on any atom is -0.497 e. The van der Waals surface area contributed by atoms with Gasteiger partial charge in [0.05, 0.1) is 13.3 Å². The second-order valence-electron chi connectivity index (χ2n) is 8.44. The molecular weight excluding hydrogens is 524 g/mol. The SMILES string of the molecule is CCN1\C(=C/C=N/N=C(\O)c2ccccc2)C(C)(Cc2c(F)cccc2Cl)c2cc(OC)ccc21.[Co]. The Balaban J connectivity index is 0.00000361. The molecule has 1 atom stereocenters. The fraction of sp³-hybridized carbons (Fsp3) is 0.214. The van der Waals surface area contributed by atoms with Crippen LogP contribution in [0.1, 0.15) is 30.5 Å². The number of likely N-dealkylation sites (N-methyl/N-ethyl adjacent to an activating group) is 1. The van der Waals surface area contributed by atoms with Gasteiger partial charge in [-0.15, -0.1) is 5.10 Å². The van der Waals surface area contributed by atoms with Crippen LogP contribution >= 0.6 is 11.6 Å². The van der Waals surface area contributed by atoms with E-state index in [1.165, 1.54) is 6.07 Å². The number of nitrogens with zero attached hydrogens (tertiary/aromatic N) is 3. The molecule has 0 fully saturated rings. The Morgan fingerprint density at radius 3 is 2.56 bits per heavy atom. The van der Waals surface area contributed by atoms with E-state index in [2.05, 4.69) is 29.0 Å². The molecule has 3 aromatic carbocycles. The van der Waals surface area contributed by atoms with Crippen LogP contribution in [0.3, 0.4) is 0 Å². The Kier molecular flexibility index (Phi) is 8.95.